The number of carbonyl (C=O) groups is 1. The molecule has 24 heavy (non-hydrogen) atoms. The van der Waals surface area contributed by atoms with Crippen LogP contribution in [0.25, 0.3) is 0 Å². The van der Waals surface area contributed by atoms with Crippen LogP contribution in [0.2, 0.25) is 0 Å². The maximum absolute atomic E-state index is 12.1. The van der Waals surface area contributed by atoms with Gasteiger partial charge in [-0.3, -0.25) is 19.9 Å². The van der Waals surface area contributed by atoms with Crippen LogP contribution in [0.15, 0.2) is 30.6 Å². The van der Waals surface area contributed by atoms with Crippen molar-refractivity contribution >= 4 is 11.8 Å². The molecular weight excluding hydrogens is 304 g/mol. The van der Waals surface area contributed by atoms with Gasteiger partial charge < -0.3 is 5.32 Å². The summed E-state index contributed by atoms with van der Waals surface area (Å²) in [5.74, 6) is 0.586. The van der Waals surface area contributed by atoms with E-state index in [9.17, 15) is 4.79 Å². The monoisotopic (exact) mass is 328 g/mol. The van der Waals surface area contributed by atoms with Gasteiger partial charge in [0.25, 0.3) is 0 Å². The minimum Gasteiger partial charge on any atom is -0.335 e. The summed E-state index contributed by atoms with van der Waals surface area (Å²) < 4.78 is 1.74. The predicted molar refractivity (Wildman–Crippen MR) is 92.6 cm³/mol. The van der Waals surface area contributed by atoms with Gasteiger partial charge in [0.05, 0.1) is 0 Å². The fourth-order valence-corrected chi connectivity index (χ4v) is 2.94. The molecule has 7 heteroatoms. The minimum atomic E-state index is -0.180. The summed E-state index contributed by atoms with van der Waals surface area (Å²) in [5, 5.41) is 10.1. The zero-order valence-electron chi connectivity index (χ0n) is 14.2. The molecule has 1 aliphatic heterocycles. The number of hydrogen-bond acceptors (Lipinski definition) is 4. The lowest BCUT2D eigenvalue weighted by atomic mass is 10.0. The van der Waals surface area contributed by atoms with Gasteiger partial charge in [0, 0.05) is 56.9 Å². The fourth-order valence-electron chi connectivity index (χ4n) is 2.94. The van der Waals surface area contributed by atoms with Gasteiger partial charge >= 0.3 is 6.03 Å². The molecule has 1 saturated heterocycles. The molecule has 3 heterocycles. The summed E-state index contributed by atoms with van der Waals surface area (Å²) in [5.41, 5.74) is 2.29. The molecule has 0 bridgehead atoms. The molecule has 2 N–H and O–H groups in total. The van der Waals surface area contributed by atoms with Gasteiger partial charge in [0.2, 0.25) is 0 Å². The molecule has 128 valence electrons. The highest BCUT2D eigenvalue weighted by Crippen LogP contribution is 2.14. The van der Waals surface area contributed by atoms with E-state index >= 15 is 0 Å². The second-order valence-corrected chi connectivity index (χ2v) is 6.30. The van der Waals surface area contributed by atoms with E-state index in [0.717, 1.165) is 38.2 Å². The first kappa shape index (κ1) is 16.4. The molecule has 2 aromatic heterocycles. The van der Waals surface area contributed by atoms with E-state index in [1.807, 2.05) is 44.6 Å². The molecule has 0 aromatic carbocycles. The number of nitrogens with one attached hydrogen (secondary N) is 2. The maximum Gasteiger partial charge on any atom is 0.320 e. The Kier molecular flexibility index (Phi) is 5.10. The minimum absolute atomic E-state index is 0.180. The number of urea groups is 1. The number of aromatic nitrogens is 3. The number of amides is 2. The highest BCUT2D eigenvalue weighted by Gasteiger charge is 2.21. The van der Waals surface area contributed by atoms with E-state index < -0.39 is 0 Å². The van der Waals surface area contributed by atoms with Crippen LogP contribution in [0, 0.1) is 6.92 Å². The van der Waals surface area contributed by atoms with E-state index in [-0.39, 0.29) is 12.1 Å². The summed E-state index contributed by atoms with van der Waals surface area (Å²) >= 11 is 0. The van der Waals surface area contributed by atoms with Crippen LogP contribution in [0.4, 0.5) is 10.6 Å². The van der Waals surface area contributed by atoms with Gasteiger partial charge in [0.15, 0.2) is 5.82 Å². The van der Waals surface area contributed by atoms with E-state index in [2.05, 4.69) is 25.6 Å². The van der Waals surface area contributed by atoms with Crippen molar-refractivity contribution in [3.8, 4) is 0 Å². The number of carbonyl (C=O) groups excluding carboxylic acids is 1. The summed E-state index contributed by atoms with van der Waals surface area (Å²) in [6.07, 6.45) is 5.57. The molecule has 0 atom stereocenters. The number of aryl methyl sites for hydroxylation is 2. The molecule has 0 radical (unpaired) electrons. The molecule has 0 spiro atoms. The predicted octanol–water partition coefficient (Wildman–Crippen LogP) is 1.91. The topological polar surface area (TPSA) is 75.1 Å². The fraction of sp³-hybridized carbons (Fsp3) is 0.471. The molecule has 1 aliphatic rings. The molecule has 7 nitrogen and oxygen atoms in total. The van der Waals surface area contributed by atoms with Crippen LogP contribution < -0.4 is 10.6 Å². The molecule has 2 amide bonds. The zero-order valence-corrected chi connectivity index (χ0v) is 14.2. The van der Waals surface area contributed by atoms with Gasteiger partial charge in [-0.1, -0.05) is 0 Å². The number of pyridine rings is 1. The smallest absolute Gasteiger partial charge is 0.320 e. The summed E-state index contributed by atoms with van der Waals surface area (Å²) in [4.78, 5) is 18.5. The van der Waals surface area contributed by atoms with Gasteiger partial charge in [-0.15, -0.1) is 0 Å². The van der Waals surface area contributed by atoms with Gasteiger partial charge in [-0.25, -0.2) is 4.79 Å². The van der Waals surface area contributed by atoms with Gasteiger partial charge in [-0.2, -0.15) is 5.10 Å². The average molecular weight is 328 g/mol. The lowest BCUT2D eigenvalue weighted by Crippen LogP contribution is -2.45. The highest BCUT2D eigenvalue weighted by molar-refractivity contribution is 5.88. The lowest BCUT2D eigenvalue weighted by Gasteiger charge is -2.32. The number of hydrogen-bond donors (Lipinski definition) is 2. The van der Waals surface area contributed by atoms with E-state index in [1.165, 1.54) is 5.56 Å². The van der Waals surface area contributed by atoms with Gasteiger partial charge in [-0.05, 0) is 37.5 Å². The van der Waals surface area contributed by atoms with Gasteiger partial charge in [0.1, 0.15) is 0 Å². The number of likely N-dealkylation sites (tertiary alicyclic amines) is 1. The molecule has 2 aromatic rings. The summed E-state index contributed by atoms with van der Waals surface area (Å²) in [6.45, 7) is 4.86. The number of anilines is 1. The van der Waals surface area contributed by atoms with Crippen LogP contribution in [0.5, 0.6) is 0 Å². The van der Waals surface area contributed by atoms with Crippen molar-refractivity contribution in [2.45, 2.75) is 32.4 Å². The van der Waals surface area contributed by atoms with Crippen molar-refractivity contribution in [3.63, 3.8) is 0 Å². The Bertz CT molecular complexity index is 656. The van der Waals surface area contributed by atoms with Crippen LogP contribution in [0.1, 0.15) is 24.1 Å². The standard InChI is InChI=1S/C17H24N6O/c1-13-11-16(21-22(13)2)20-17(24)19-15-5-9-23(10-6-15)12-14-3-7-18-8-4-14/h3-4,7-8,11,15H,5-6,9-10,12H2,1-2H3,(H2,19,20,21,24). The number of rotatable bonds is 4. The quantitative estimate of drug-likeness (QED) is 0.899. The third-order valence-electron chi connectivity index (χ3n) is 4.43. The average Bonchev–Trinajstić information content (AvgIpc) is 2.88. The van der Waals surface area contributed by atoms with Crippen LogP contribution >= 0.6 is 0 Å². The maximum atomic E-state index is 12.1. The lowest BCUT2D eigenvalue weighted by molar-refractivity contribution is 0.190. The Hall–Kier alpha value is -2.41. The first-order chi connectivity index (χ1) is 11.6. The Labute approximate surface area is 142 Å². The third kappa shape index (κ3) is 4.32. The first-order valence-electron chi connectivity index (χ1n) is 8.29. The molecule has 1 fully saturated rings. The second kappa shape index (κ2) is 7.44. The van der Waals surface area contributed by atoms with E-state index in [4.69, 9.17) is 0 Å². The highest BCUT2D eigenvalue weighted by atomic mass is 16.2. The number of nitrogens with zero attached hydrogens (tertiary/aromatic N) is 4. The summed E-state index contributed by atoms with van der Waals surface area (Å²) in [7, 11) is 1.86. The van der Waals surface area contributed by atoms with Crippen molar-refractivity contribution in [3.05, 3.63) is 41.9 Å². The molecule has 0 saturated carbocycles. The summed E-state index contributed by atoms with van der Waals surface area (Å²) in [6, 6.07) is 5.99. The molecular formula is C17H24N6O. The Morgan fingerprint density at radius 2 is 2.00 bits per heavy atom. The van der Waals surface area contributed by atoms with Crippen LogP contribution in [-0.4, -0.2) is 44.8 Å². The Morgan fingerprint density at radius 1 is 1.29 bits per heavy atom. The first-order valence-corrected chi connectivity index (χ1v) is 8.29. The largest absolute Gasteiger partial charge is 0.335 e. The zero-order chi connectivity index (χ0) is 16.9. The normalized spacial score (nSPS) is 16.1. The van der Waals surface area contributed by atoms with Crippen molar-refractivity contribution < 1.29 is 4.79 Å². The SMILES string of the molecule is Cc1cc(NC(=O)NC2CCN(Cc3ccncc3)CC2)nn1C. The van der Waals surface area contributed by atoms with E-state index in [1.54, 1.807) is 4.68 Å². The number of piperidine rings is 1. The molecule has 0 unspecified atom stereocenters. The van der Waals surface area contributed by atoms with Crippen molar-refractivity contribution in [1.82, 2.24) is 25.0 Å². The molecule has 3 rings (SSSR count). The van der Waals surface area contributed by atoms with Crippen molar-refractivity contribution in [2.75, 3.05) is 18.4 Å². The van der Waals surface area contributed by atoms with E-state index in [0.29, 0.717) is 5.82 Å². The van der Waals surface area contributed by atoms with Crippen LogP contribution in [0.3, 0.4) is 0 Å². The second-order valence-electron chi connectivity index (χ2n) is 6.30. The van der Waals surface area contributed by atoms with Crippen molar-refractivity contribution in [1.29, 1.82) is 0 Å². The Balaban J connectivity index is 1.42. The molecule has 0 aliphatic carbocycles. The Morgan fingerprint density at radius 3 is 2.62 bits per heavy atom. The third-order valence-corrected chi connectivity index (χ3v) is 4.43. The van der Waals surface area contributed by atoms with Crippen LogP contribution in [-0.2, 0) is 13.6 Å². The van der Waals surface area contributed by atoms with Crippen molar-refractivity contribution in [2.24, 2.45) is 7.05 Å².